The van der Waals surface area contributed by atoms with Crippen molar-refractivity contribution in [2.45, 2.75) is 6.04 Å². The molecule has 3 aromatic rings. The Hall–Kier alpha value is -3.50. The maximum Gasteiger partial charge on any atom is 0.376 e. The minimum atomic E-state index is -0.735. The third-order valence-electron chi connectivity index (χ3n) is 5.48. The van der Waals surface area contributed by atoms with E-state index in [0.717, 1.165) is 4.40 Å². The number of pyridine rings is 1. The molecule has 1 atom stereocenters. The van der Waals surface area contributed by atoms with Crippen LogP contribution in [0, 0.1) is 10.1 Å². The number of rotatable bonds is 5. The Bertz CT molecular complexity index is 1240. The molecule has 1 aromatic carbocycles. The van der Waals surface area contributed by atoms with Crippen molar-refractivity contribution >= 4 is 34.7 Å². The molecule has 10 nitrogen and oxygen atoms in total. The van der Waals surface area contributed by atoms with Crippen LogP contribution in [0.1, 0.15) is 11.6 Å². The molecule has 1 unspecified atom stereocenters. The molecule has 4 rings (SSSR count). The second-order valence-corrected chi connectivity index (χ2v) is 7.65. The van der Waals surface area contributed by atoms with Gasteiger partial charge in [-0.2, -0.15) is 0 Å². The zero-order valence-electron chi connectivity index (χ0n) is 17.2. The summed E-state index contributed by atoms with van der Waals surface area (Å²) in [7, 11) is 1.32. The van der Waals surface area contributed by atoms with Gasteiger partial charge >= 0.3 is 17.2 Å². The van der Waals surface area contributed by atoms with Gasteiger partial charge in [-0.1, -0.05) is 35.9 Å². The quantitative estimate of drug-likeness (QED) is 0.326. The van der Waals surface area contributed by atoms with Gasteiger partial charge < -0.3 is 9.64 Å². The average molecular weight is 458 g/mol. The van der Waals surface area contributed by atoms with E-state index in [1.54, 1.807) is 47.4 Å². The van der Waals surface area contributed by atoms with E-state index in [4.69, 9.17) is 16.3 Å². The Morgan fingerprint density at radius 1 is 1.16 bits per heavy atom. The second-order valence-electron chi connectivity index (χ2n) is 7.25. The first kappa shape index (κ1) is 21.7. The van der Waals surface area contributed by atoms with Gasteiger partial charge in [-0.25, -0.2) is 9.78 Å². The molecule has 0 saturated carbocycles. The van der Waals surface area contributed by atoms with E-state index < -0.39 is 28.2 Å². The number of benzene rings is 1. The van der Waals surface area contributed by atoms with Gasteiger partial charge in [-0.3, -0.25) is 24.2 Å². The molecule has 1 aliphatic rings. The van der Waals surface area contributed by atoms with E-state index in [-0.39, 0.29) is 5.82 Å². The van der Waals surface area contributed by atoms with Crippen LogP contribution in [0.4, 0.5) is 11.5 Å². The molecule has 0 amide bonds. The highest BCUT2D eigenvalue weighted by Gasteiger charge is 2.35. The van der Waals surface area contributed by atoms with E-state index in [1.807, 2.05) is 4.90 Å². The first-order chi connectivity index (χ1) is 15.4. The molecule has 11 heteroatoms. The number of halogens is 1. The summed E-state index contributed by atoms with van der Waals surface area (Å²) in [5.74, 6) is -0.419. The number of aromatic nitrogens is 2. The highest BCUT2D eigenvalue weighted by atomic mass is 35.5. The number of carbonyl (C=O) groups is 1. The number of nitrogens with zero attached hydrogens (tertiary/aromatic N) is 5. The summed E-state index contributed by atoms with van der Waals surface area (Å²) < 4.78 is 6.16. The lowest BCUT2D eigenvalue weighted by molar-refractivity contribution is -0.385. The molecule has 1 aliphatic heterocycles. The molecule has 32 heavy (non-hydrogen) atoms. The average Bonchev–Trinajstić information content (AvgIpc) is 2.80. The summed E-state index contributed by atoms with van der Waals surface area (Å²) in [6.07, 6.45) is 1.45. The summed E-state index contributed by atoms with van der Waals surface area (Å²) >= 11 is 6.33. The monoisotopic (exact) mass is 457 g/mol. The van der Waals surface area contributed by atoms with Crippen molar-refractivity contribution < 1.29 is 14.5 Å². The van der Waals surface area contributed by atoms with Gasteiger partial charge in [-0.15, -0.1) is 0 Å². The molecule has 0 aliphatic carbocycles. The van der Waals surface area contributed by atoms with Gasteiger partial charge in [-0.05, 0) is 23.8 Å². The predicted octanol–water partition coefficient (Wildman–Crippen LogP) is 2.29. The van der Waals surface area contributed by atoms with Gasteiger partial charge in [0.25, 0.3) is 0 Å². The Labute approximate surface area is 187 Å². The van der Waals surface area contributed by atoms with Crippen LogP contribution < -0.4 is 10.5 Å². The molecule has 3 heterocycles. The van der Waals surface area contributed by atoms with Crippen molar-refractivity contribution in [3.8, 4) is 0 Å². The van der Waals surface area contributed by atoms with Crippen LogP contribution in [0.15, 0.2) is 53.5 Å². The number of hydrogen-bond donors (Lipinski definition) is 0. The maximum atomic E-state index is 12.7. The fraction of sp³-hybridized carbons (Fsp3) is 0.286. The Morgan fingerprint density at radius 3 is 2.50 bits per heavy atom. The molecule has 1 fully saturated rings. The van der Waals surface area contributed by atoms with Gasteiger partial charge in [0.05, 0.1) is 12.0 Å². The van der Waals surface area contributed by atoms with E-state index in [9.17, 15) is 19.7 Å². The minimum Gasteiger partial charge on any atom is -0.468 e. The van der Waals surface area contributed by atoms with Crippen LogP contribution in [-0.4, -0.2) is 58.5 Å². The summed E-state index contributed by atoms with van der Waals surface area (Å²) in [5, 5.41) is 12.1. The zero-order chi connectivity index (χ0) is 22.8. The lowest BCUT2D eigenvalue weighted by Gasteiger charge is -2.38. The van der Waals surface area contributed by atoms with Crippen LogP contribution >= 0.6 is 11.6 Å². The molecule has 0 bridgehead atoms. The van der Waals surface area contributed by atoms with Gasteiger partial charge in [0, 0.05) is 37.4 Å². The van der Waals surface area contributed by atoms with E-state index in [0.29, 0.717) is 42.4 Å². The van der Waals surface area contributed by atoms with Crippen molar-refractivity contribution in [3.63, 3.8) is 0 Å². The standard InChI is InChI=1S/C21H20ClN5O5/c1-32-21(29)17(14-6-2-3-7-15(14)22)24-10-12-25(13-11-24)19-18(27(30)31)20(28)26-9-5-4-8-16(26)23-19/h2-9,17H,10-13H2,1H3. The van der Waals surface area contributed by atoms with Gasteiger partial charge in [0.15, 0.2) is 0 Å². The minimum absolute atomic E-state index is 0.0261. The van der Waals surface area contributed by atoms with Crippen molar-refractivity contribution in [3.05, 3.63) is 79.7 Å². The summed E-state index contributed by atoms with van der Waals surface area (Å²) in [4.78, 5) is 44.3. The summed E-state index contributed by atoms with van der Waals surface area (Å²) in [5.41, 5.74) is -0.356. The summed E-state index contributed by atoms with van der Waals surface area (Å²) in [6, 6.07) is 11.3. The Balaban J connectivity index is 1.65. The largest absolute Gasteiger partial charge is 0.468 e. The zero-order valence-corrected chi connectivity index (χ0v) is 17.9. The van der Waals surface area contributed by atoms with Crippen LogP contribution in [0.25, 0.3) is 5.65 Å². The number of fused-ring (bicyclic) bond motifs is 1. The number of ether oxygens (including phenoxy) is 1. The maximum absolute atomic E-state index is 12.7. The molecule has 2 aromatic heterocycles. The molecule has 166 valence electrons. The number of nitro groups is 1. The van der Waals surface area contributed by atoms with Gasteiger partial charge in [0.2, 0.25) is 5.82 Å². The highest BCUT2D eigenvalue weighted by Crippen LogP contribution is 2.31. The second kappa shape index (κ2) is 8.93. The van der Waals surface area contributed by atoms with Crippen LogP contribution in [0.3, 0.4) is 0 Å². The molecular formula is C21H20ClN5O5. The Morgan fingerprint density at radius 2 is 1.84 bits per heavy atom. The first-order valence-corrected chi connectivity index (χ1v) is 10.3. The fourth-order valence-electron chi connectivity index (χ4n) is 3.92. The smallest absolute Gasteiger partial charge is 0.376 e. The van der Waals surface area contributed by atoms with Crippen molar-refractivity contribution in [2.75, 3.05) is 38.2 Å². The van der Waals surface area contributed by atoms with Crippen LogP contribution in [0.2, 0.25) is 5.02 Å². The van der Waals surface area contributed by atoms with Crippen LogP contribution in [-0.2, 0) is 9.53 Å². The third kappa shape index (κ3) is 3.90. The predicted molar refractivity (Wildman–Crippen MR) is 118 cm³/mol. The van der Waals surface area contributed by atoms with Crippen molar-refractivity contribution in [1.29, 1.82) is 0 Å². The highest BCUT2D eigenvalue weighted by molar-refractivity contribution is 6.31. The lowest BCUT2D eigenvalue weighted by Crippen LogP contribution is -2.50. The van der Waals surface area contributed by atoms with Crippen molar-refractivity contribution in [2.24, 2.45) is 0 Å². The summed E-state index contributed by atoms with van der Waals surface area (Å²) in [6.45, 7) is 1.43. The number of esters is 1. The number of hydrogen-bond acceptors (Lipinski definition) is 8. The Kier molecular flexibility index (Phi) is 6.06. The fourth-order valence-corrected chi connectivity index (χ4v) is 4.16. The third-order valence-corrected chi connectivity index (χ3v) is 5.82. The van der Waals surface area contributed by atoms with Crippen molar-refractivity contribution in [1.82, 2.24) is 14.3 Å². The number of methoxy groups -OCH3 is 1. The van der Waals surface area contributed by atoms with Crippen LogP contribution in [0.5, 0.6) is 0 Å². The number of anilines is 1. The van der Waals surface area contributed by atoms with E-state index >= 15 is 0 Å². The number of piperazine rings is 1. The lowest BCUT2D eigenvalue weighted by atomic mass is 10.0. The molecular weight excluding hydrogens is 438 g/mol. The molecule has 1 saturated heterocycles. The topological polar surface area (TPSA) is 110 Å². The normalized spacial score (nSPS) is 15.5. The molecule has 0 spiro atoms. The number of carbonyl (C=O) groups excluding carboxylic acids is 1. The van der Waals surface area contributed by atoms with E-state index in [2.05, 4.69) is 4.98 Å². The SMILES string of the molecule is COC(=O)C(c1ccccc1Cl)N1CCN(c2nc3ccccn3c(=O)c2[N+](=O)[O-])CC1. The molecule has 0 N–H and O–H groups in total. The van der Waals surface area contributed by atoms with E-state index in [1.165, 1.54) is 13.3 Å². The van der Waals surface area contributed by atoms with Gasteiger partial charge in [0.1, 0.15) is 11.7 Å². The first-order valence-electron chi connectivity index (χ1n) is 9.89. The molecule has 0 radical (unpaired) electrons.